The number of nitrogens with zero attached hydrogens (tertiary/aromatic N) is 2. The van der Waals surface area contributed by atoms with Gasteiger partial charge in [-0.15, -0.1) is 11.3 Å². The first-order valence-corrected chi connectivity index (χ1v) is 9.73. The van der Waals surface area contributed by atoms with Gasteiger partial charge in [0.25, 0.3) is 10.0 Å². The van der Waals surface area contributed by atoms with E-state index in [1.807, 2.05) is 44.2 Å². The molecule has 0 bridgehead atoms. The molecule has 0 saturated heterocycles. The molecule has 0 unspecified atom stereocenters. The van der Waals surface area contributed by atoms with E-state index >= 15 is 0 Å². The van der Waals surface area contributed by atoms with Crippen molar-refractivity contribution in [3.8, 4) is 11.3 Å². The molecule has 0 atom stereocenters. The van der Waals surface area contributed by atoms with Crippen LogP contribution in [-0.4, -0.2) is 24.9 Å². The third-order valence-corrected chi connectivity index (χ3v) is 7.13. The molecule has 126 valence electrons. The summed E-state index contributed by atoms with van der Waals surface area (Å²) in [5.41, 5.74) is 3.42. The van der Waals surface area contributed by atoms with Gasteiger partial charge in [0.15, 0.2) is 5.76 Å². The highest BCUT2D eigenvalue weighted by Gasteiger charge is 2.24. The Labute approximate surface area is 145 Å². The van der Waals surface area contributed by atoms with Crippen molar-refractivity contribution in [3.05, 3.63) is 58.6 Å². The highest BCUT2D eigenvalue weighted by Crippen LogP contribution is 2.32. The van der Waals surface area contributed by atoms with Crippen molar-refractivity contribution in [3.63, 3.8) is 0 Å². The number of aromatic nitrogens is 1. The Hall–Kier alpha value is -1.96. The van der Waals surface area contributed by atoms with Gasteiger partial charge in [-0.1, -0.05) is 35.5 Å². The molecule has 0 aliphatic heterocycles. The molecule has 3 aromatic rings. The van der Waals surface area contributed by atoms with Crippen LogP contribution in [0.4, 0.5) is 0 Å². The third-order valence-electron chi connectivity index (χ3n) is 3.91. The molecule has 0 spiro atoms. The Morgan fingerprint density at radius 3 is 2.54 bits per heavy atom. The van der Waals surface area contributed by atoms with E-state index < -0.39 is 10.0 Å². The van der Waals surface area contributed by atoms with Crippen LogP contribution in [0.1, 0.15) is 16.8 Å². The fourth-order valence-corrected chi connectivity index (χ4v) is 4.86. The fourth-order valence-electron chi connectivity index (χ4n) is 2.33. The van der Waals surface area contributed by atoms with Crippen molar-refractivity contribution >= 4 is 21.4 Å². The summed E-state index contributed by atoms with van der Waals surface area (Å²) in [5, 5.41) is 5.71. The average molecular weight is 362 g/mol. The first kappa shape index (κ1) is 16.9. The molecule has 0 N–H and O–H groups in total. The lowest BCUT2D eigenvalue weighted by Gasteiger charge is -2.15. The minimum absolute atomic E-state index is 0.296. The van der Waals surface area contributed by atoms with Gasteiger partial charge in [-0.05, 0) is 25.5 Å². The molecular weight excluding hydrogens is 344 g/mol. The zero-order valence-corrected chi connectivity index (χ0v) is 15.3. The molecule has 24 heavy (non-hydrogen) atoms. The molecule has 0 saturated carbocycles. The molecule has 0 amide bonds. The number of thiophene rings is 1. The van der Waals surface area contributed by atoms with Crippen molar-refractivity contribution < 1.29 is 12.9 Å². The van der Waals surface area contributed by atoms with E-state index in [0.717, 1.165) is 22.4 Å². The molecule has 0 radical (unpaired) electrons. The van der Waals surface area contributed by atoms with Crippen LogP contribution in [0.15, 0.2) is 50.5 Å². The van der Waals surface area contributed by atoms with Crippen molar-refractivity contribution in [1.29, 1.82) is 0 Å². The van der Waals surface area contributed by atoms with E-state index in [4.69, 9.17) is 4.52 Å². The number of aryl methyl sites for hydroxylation is 1. The second-order valence-electron chi connectivity index (χ2n) is 5.62. The quantitative estimate of drug-likeness (QED) is 0.692. The van der Waals surface area contributed by atoms with E-state index in [9.17, 15) is 8.42 Å². The smallest absolute Gasteiger partial charge is 0.252 e. The fraction of sp³-hybridized carbons (Fsp3) is 0.235. The summed E-state index contributed by atoms with van der Waals surface area (Å²) in [6, 6.07) is 11.2. The molecule has 0 aliphatic rings. The summed E-state index contributed by atoms with van der Waals surface area (Å²) < 4.78 is 32.5. The van der Waals surface area contributed by atoms with Crippen molar-refractivity contribution in [2.75, 3.05) is 7.05 Å². The maximum Gasteiger partial charge on any atom is 0.252 e. The Balaban J connectivity index is 1.87. The third kappa shape index (κ3) is 3.15. The molecule has 1 aromatic carbocycles. The second kappa shape index (κ2) is 6.51. The molecule has 0 fully saturated rings. The Bertz CT molecular complexity index is 943. The molecule has 2 heterocycles. The molecule has 7 heteroatoms. The van der Waals surface area contributed by atoms with Crippen LogP contribution >= 0.6 is 11.3 Å². The Morgan fingerprint density at radius 2 is 1.92 bits per heavy atom. The summed E-state index contributed by atoms with van der Waals surface area (Å²) in [6.07, 6.45) is 0. The summed E-state index contributed by atoms with van der Waals surface area (Å²) in [4.78, 5) is 0. The largest absolute Gasteiger partial charge is 0.356 e. The van der Waals surface area contributed by atoms with Crippen molar-refractivity contribution in [1.82, 2.24) is 9.46 Å². The summed E-state index contributed by atoms with van der Waals surface area (Å²) >= 11 is 1.19. The van der Waals surface area contributed by atoms with Crippen molar-refractivity contribution in [2.45, 2.75) is 24.6 Å². The van der Waals surface area contributed by atoms with Crippen LogP contribution in [0.2, 0.25) is 0 Å². The van der Waals surface area contributed by atoms with Gasteiger partial charge in [-0.25, -0.2) is 8.42 Å². The molecular formula is C17H18N2O3S2. The lowest BCUT2D eigenvalue weighted by atomic mass is 10.1. The number of hydrogen-bond acceptors (Lipinski definition) is 5. The monoisotopic (exact) mass is 362 g/mol. The Kier molecular flexibility index (Phi) is 4.58. The topological polar surface area (TPSA) is 63.4 Å². The normalized spacial score (nSPS) is 12.0. The van der Waals surface area contributed by atoms with Gasteiger partial charge in [-0.3, -0.25) is 0 Å². The van der Waals surface area contributed by atoms with Crippen molar-refractivity contribution in [2.24, 2.45) is 0 Å². The van der Waals surface area contributed by atoms with E-state index in [0.29, 0.717) is 16.5 Å². The van der Waals surface area contributed by atoms with Gasteiger partial charge in [-0.2, -0.15) is 4.31 Å². The average Bonchev–Trinajstić information content (AvgIpc) is 3.17. The first-order valence-electron chi connectivity index (χ1n) is 7.41. The minimum Gasteiger partial charge on any atom is -0.356 e. The van der Waals surface area contributed by atoms with E-state index in [2.05, 4.69) is 5.16 Å². The van der Waals surface area contributed by atoms with Gasteiger partial charge in [0.1, 0.15) is 4.21 Å². The van der Waals surface area contributed by atoms with Crippen LogP contribution in [0.25, 0.3) is 11.3 Å². The molecule has 0 aliphatic carbocycles. The summed E-state index contributed by atoms with van der Waals surface area (Å²) in [5.74, 6) is 0.621. The number of rotatable bonds is 5. The number of benzene rings is 1. The van der Waals surface area contributed by atoms with Crippen LogP contribution in [-0.2, 0) is 16.6 Å². The van der Waals surface area contributed by atoms with Gasteiger partial charge in [0.2, 0.25) is 0 Å². The molecule has 2 aromatic heterocycles. The van der Waals surface area contributed by atoms with Gasteiger partial charge in [0, 0.05) is 30.1 Å². The van der Waals surface area contributed by atoms with Crippen LogP contribution in [0.5, 0.6) is 0 Å². The highest BCUT2D eigenvalue weighted by atomic mass is 32.2. The van der Waals surface area contributed by atoms with E-state index in [1.54, 1.807) is 18.5 Å². The summed E-state index contributed by atoms with van der Waals surface area (Å²) in [6.45, 7) is 4.10. The minimum atomic E-state index is -3.54. The zero-order chi connectivity index (χ0) is 17.3. The SMILES string of the molecule is Cc1noc(-c2csc(S(=O)(=O)N(C)Cc3ccccc3)c2)c1C. The lowest BCUT2D eigenvalue weighted by Crippen LogP contribution is -2.25. The number of sulfonamides is 1. The lowest BCUT2D eigenvalue weighted by molar-refractivity contribution is 0.427. The highest BCUT2D eigenvalue weighted by molar-refractivity contribution is 7.91. The molecule has 5 nitrogen and oxygen atoms in total. The predicted octanol–water partition coefficient (Wildman–Crippen LogP) is 3.84. The number of hydrogen-bond donors (Lipinski definition) is 0. The van der Waals surface area contributed by atoms with Gasteiger partial charge < -0.3 is 4.52 Å². The summed E-state index contributed by atoms with van der Waals surface area (Å²) in [7, 11) is -1.95. The predicted molar refractivity (Wildman–Crippen MR) is 94.4 cm³/mol. The van der Waals surface area contributed by atoms with Gasteiger partial charge >= 0.3 is 0 Å². The van der Waals surface area contributed by atoms with Crippen LogP contribution in [0.3, 0.4) is 0 Å². The Morgan fingerprint density at radius 1 is 1.21 bits per heavy atom. The van der Waals surface area contributed by atoms with Crippen LogP contribution in [0, 0.1) is 13.8 Å². The van der Waals surface area contributed by atoms with Gasteiger partial charge in [0.05, 0.1) is 5.69 Å². The zero-order valence-electron chi connectivity index (χ0n) is 13.7. The van der Waals surface area contributed by atoms with Crippen LogP contribution < -0.4 is 0 Å². The second-order valence-corrected chi connectivity index (χ2v) is 8.81. The molecule has 3 rings (SSSR count). The maximum absolute atomic E-state index is 12.8. The standard InChI is InChI=1S/C17H18N2O3S2/c1-12-13(2)18-22-17(12)15-9-16(23-11-15)24(20,21)19(3)10-14-7-5-4-6-8-14/h4-9,11H,10H2,1-3H3. The van der Waals surface area contributed by atoms with E-state index in [-0.39, 0.29) is 0 Å². The maximum atomic E-state index is 12.8. The first-order chi connectivity index (χ1) is 11.4. The van der Waals surface area contributed by atoms with E-state index in [1.165, 1.54) is 15.6 Å².